The van der Waals surface area contributed by atoms with E-state index >= 15 is 0 Å². The summed E-state index contributed by atoms with van der Waals surface area (Å²) in [5.74, 6) is 0.292. The standard InChI is InChI=1S/C21H24N6O/c1-24-10-12-25(13-11-24)18-5-7-22-17-15-27(21(28)20(17)18)9-6-16-14-26-8-3-2-4-19(26)23-16/h2-5,7-8,14-15,28H,6,9-13H2,1H3. The quantitative estimate of drug-likeness (QED) is 0.593. The number of piperazine rings is 1. The highest BCUT2D eigenvalue weighted by molar-refractivity contribution is 5.96. The van der Waals surface area contributed by atoms with Crippen LogP contribution in [0, 0.1) is 0 Å². The summed E-state index contributed by atoms with van der Waals surface area (Å²) in [6, 6.07) is 7.99. The predicted molar refractivity (Wildman–Crippen MR) is 110 cm³/mol. The molecule has 1 aliphatic rings. The first-order valence-electron chi connectivity index (χ1n) is 9.72. The third kappa shape index (κ3) is 2.97. The van der Waals surface area contributed by atoms with Gasteiger partial charge in [-0.3, -0.25) is 4.98 Å². The Kier molecular flexibility index (Phi) is 4.16. The molecule has 5 rings (SSSR count). The molecule has 0 unspecified atom stereocenters. The minimum absolute atomic E-state index is 0.292. The van der Waals surface area contributed by atoms with Crippen molar-refractivity contribution in [3.8, 4) is 5.88 Å². The molecule has 0 bridgehead atoms. The van der Waals surface area contributed by atoms with Crippen LogP contribution in [0.4, 0.5) is 5.69 Å². The predicted octanol–water partition coefficient (Wildman–Crippen LogP) is 2.38. The summed E-state index contributed by atoms with van der Waals surface area (Å²) in [7, 11) is 2.15. The lowest BCUT2D eigenvalue weighted by Gasteiger charge is -2.34. The molecule has 144 valence electrons. The van der Waals surface area contributed by atoms with E-state index < -0.39 is 0 Å². The molecule has 1 aliphatic heterocycles. The van der Waals surface area contributed by atoms with Crippen LogP contribution in [0.2, 0.25) is 0 Å². The second-order valence-corrected chi connectivity index (χ2v) is 7.48. The van der Waals surface area contributed by atoms with E-state index in [1.807, 2.05) is 58.0 Å². The number of anilines is 1. The summed E-state index contributed by atoms with van der Waals surface area (Å²) >= 11 is 0. The van der Waals surface area contributed by atoms with Gasteiger partial charge in [0.1, 0.15) is 5.65 Å². The molecule has 7 nitrogen and oxygen atoms in total. The van der Waals surface area contributed by atoms with E-state index in [-0.39, 0.29) is 0 Å². The lowest BCUT2D eigenvalue weighted by Crippen LogP contribution is -2.44. The second kappa shape index (κ2) is 6.83. The molecule has 5 heterocycles. The van der Waals surface area contributed by atoms with Crippen LogP contribution in [0.15, 0.2) is 49.1 Å². The number of hydrogen-bond donors (Lipinski definition) is 1. The van der Waals surface area contributed by atoms with Gasteiger partial charge in [-0.2, -0.15) is 0 Å². The smallest absolute Gasteiger partial charge is 0.202 e. The van der Waals surface area contributed by atoms with Gasteiger partial charge in [-0.05, 0) is 25.2 Å². The van der Waals surface area contributed by atoms with Crippen molar-refractivity contribution in [1.82, 2.24) is 23.8 Å². The van der Waals surface area contributed by atoms with E-state index in [0.717, 1.165) is 60.5 Å². The van der Waals surface area contributed by atoms with Crippen LogP contribution in [0.5, 0.6) is 5.88 Å². The molecule has 0 radical (unpaired) electrons. The first-order valence-corrected chi connectivity index (χ1v) is 9.72. The van der Waals surface area contributed by atoms with E-state index in [1.54, 1.807) is 0 Å². The zero-order valence-electron chi connectivity index (χ0n) is 16.0. The zero-order valence-corrected chi connectivity index (χ0v) is 16.0. The van der Waals surface area contributed by atoms with E-state index in [4.69, 9.17) is 0 Å². The Labute approximate surface area is 163 Å². The SMILES string of the molecule is CN1CCN(c2ccnc3cn(CCc4cn5ccccc5n4)c(O)c23)CC1. The lowest BCUT2D eigenvalue weighted by atomic mass is 10.2. The molecule has 0 aromatic carbocycles. The molecule has 28 heavy (non-hydrogen) atoms. The van der Waals surface area contributed by atoms with E-state index in [1.165, 1.54) is 0 Å². The van der Waals surface area contributed by atoms with Crippen LogP contribution < -0.4 is 4.90 Å². The van der Waals surface area contributed by atoms with Crippen molar-refractivity contribution < 1.29 is 5.11 Å². The summed E-state index contributed by atoms with van der Waals surface area (Å²) in [5.41, 5.74) is 3.86. The average Bonchev–Trinajstić information content (AvgIpc) is 3.27. The molecule has 0 saturated carbocycles. The van der Waals surface area contributed by atoms with Crippen LogP contribution in [-0.2, 0) is 13.0 Å². The van der Waals surface area contributed by atoms with Gasteiger partial charge in [-0.25, -0.2) is 4.98 Å². The van der Waals surface area contributed by atoms with Crippen LogP contribution in [0.3, 0.4) is 0 Å². The van der Waals surface area contributed by atoms with Crippen molar-refractivity contribution in [3.63, 3.8) is 0 Å². The molecule has 0 atom stereocenters. The Hall–Kier alpha value is -3.06. The Morgan fingerprint density at radius 2 is 1.93 bits per heavy atom. The normalized spacial score (nSPS) is 15.7. The summed E-state index contributed by atoms with van der Waals surface area (Å²) in [6.45, 7) is 4.63. The number of aromatic nitrogens is 4. The fourth-order valence-corrected chi connectivity index (χ4v) is 3.97. The topological polar surface area (TPSA) is 61.8 Å². The highest BCUT2D eigenvalue weighted by atomic mass is 16.3. The van der Waals surface area contributed by atoms with Crippen molar-refractivity contribution in [3.05, 3.63) is 54.7 Å². The number of imidazole rings is 1. The Morgan fingerprint density at radius 3 is 2.75 bits per heavy atom. The van der Waals surface area contributed by atoms with Crippen LogP contribution in [-0.4, -0.2) is 62.2 Å². The third-order valence-electron chi connectivity index (χ3n) is 5.60. The van der Waals surface area contributed by atoms with Gasteiger partial charge < -0.3 is 23.9 Å². The molecule has 1 N–H and O–H groups in total. The number of aryl methyl sites for hydroxylation is 2. The molecule has 0 aliphatic carbocycles. The number of hydrogen-bond acceptors (Lipinski definition) is 5. The maximum absolute atomic E-state index is 10.9. The number of fused-ring (bicyclic) bond motifs is 2. The third-order valence-corrected chi connectivity index (χ3v) is 5.60. The minimum Gasteiger partial charge on any atom is -0.494 e. The maximum atomic E-state index is 10.9. The first-order chi connectivity index (χ1) is 13.7. The van der Waals surface area contributed by atoms with Crippen molar-refractivity contribution in [1.29, 1.82) is 0 Å². The second-order valence-electron chi connectivity index (χ2n) is 7.48. The van der Waals surface area contributed by atoms with Crippen LogP contribution in [0.25, 0.3) is 16.6 Å². The van der Waals surface area contributed by atoms with E-state index in [9.17, 15) is 5.11 Å². The highest BCUT2D eigenvalue weighted by Gasteiger charge is 2.20. The van der Waals surface area contributed by atoms with Gasteiger partial charge in [0.2, 0.25) is 5.88 Å². The number of likely N-dealkylation sites (N-methyl/N-ethyl adjacent to an activating group) is 1. The van der Waals surface area contributed by atoms with Gasteiger partial charge in [0.05, 0.1) is 22.3 Å². The molecular weight excluding hydrogens is 352 g/mol. The number of nitrogens with zero attached hydrogens (tertiary/aromatic N) is 6. The Balaban J connectivity index is 1.42. The molecule has 1 fully saturated rings. The van der Waals surface area contributed by atoms with Gasteiger partial charge in [0.15, 0.2) is 0 Å². The van der Waals surface area contributed by atoms with Gasteiger partial charge in [-0.15, -0.1) is 0 Å². The molecule has 4 aromatic rings. The van der Waals surface area contributed by atoms with Crippen molar-refractivity contribution in [2.24, 2.45) is 0 Å². The zero-order chi connectivity index (χ0) is 19.1. The maximum Gasteiger partial charge on any atom is 0.202 e. The summed E-state index contributed by atoms with van der Waals surface area (Å²) < 4.78 is 3.91. The summed E-state index contributed by atoms with van der Waals surface area (Å²) in [6.07, 6.45) is 8.57. The van der Waals surface area contributed by atoms with Gasteiger partial charge in [-0.1, -0.05) is 6.07 Å². The number of rotatable bonds is 4. The summed E-state index contributed by atoms with van der Waals surface area (Å²) in [4.78, 5) is 13.8. The molecule has 0 spiro atoms. The molecule has 1 saturated heterocycles. The van der Waals surface area contributed by atoms with Crippen molar-refractivity contribution in [2.45, 2.75) is 13.0 Å². The molecule has 0 amide bonds. The first kappa shape index (κ1) is 17.1. The minimum atomic E-state index is 0.292. The largest absolute Gasteiger partial charge is 0.494 e. The van der Waals surface area contributed by atoms with E-state index in [0.29, 0.717) is 12.4 Å². The highest BCUT2D eigenvalue weighted by Crippen LogP contribution is 2.35. The number of pyridine rings is 2. The lowest BCUT2D eigenvalue weighted by molar-refractivity contribution is 0.313. The van der Waals surface area contributed by atoms with Gasteiger partial charge >= 0.3 is 0 Å². The van der Waals surface area contributed by atoms with Gasteiger partial charge in [0.25, 0.3) is 0 Å². The van der Waals surface area contributed by atoms with Gasteiger partial charge in [0, 0.05) is 63.9 Å². The summed E-state index contributed by atoms with van der Waals surface area (Å²) in [5, 5.41) is 11.8. The fourth-order valence-electron chi connectivity index (χ4n) is 3.97. The van der Waals surface area contributed by atoms with Crippen molar-refractivity contribution >= 4 is 22.2 Å². The fraction of sp³-hybridized carbons (Fsp3) is 0.333. The average molecular weight is 376 g/mol. The van der Waals surface area contributed by atoms with Crippen LogP contribution in [0.1, 0.15) is 5.69 Å². The monoisotopic (exact) mass is 376 g/mol. The van der Waals surface area contributed by atoms with Crippen LogP contribution >= 0.6 is 0 Å². The van der Waals surface area contributed by atoms with E-state index in [2.05, 4.69) is 26.8 Å². The van der Waals surface area contributed by atoms with Crippen molar-refractivity contribution in [2.75, 3.05) is 38.1 Å². The Morgan fingerprint density at radius 1 is 1.07 bits per heavy atom. The number of aromatic hydroxyl groups is 1. The molecule has 4 aromatic heterocycles. The Bertz CT molecular complexity index is 1090. The molecular formula is C21H24N6O. The molecule has 7 heteroatoms.